The van der Waals surface area contributed by atoms with Gasteiger partial charge >= 0.3 is 0 Å². The minimum atomic E-state index is 0. The van der Waals surface area contributed by atoms with Gasteiger partial charge in [-0.3, -0.25) is 4.79 Å². The molecule has 0 aliphatic heterocycles. The van der Waals surface area contributed by atoms with Crippen molar-refractivity contribution in [3.05, 3.63) is 89.8 Å². The summed E-state index contributed by atoms with van der Waals surface area (Å²) in [6.45, 7) is 19.4. The van der Waals surface area contributed by atoms with E-state index in [9.17, 15) is 9.90 Å². The van der Waals surface area contributed by atoms with Crippen LogP contribution < -0.4 is 0 Å². The Hall–Kier alpha value is -3.07. The predicted molar refractivity (Wildman–Crippen MR) is 182 cm³/mol. The summed E-state index contributed by atoms with van der Waals surface area (Å²) < 4.78 is 0. The Morgan fingerprint density at radius 2 is 1.57 bits per heavy atom. The van der Waals surface area contributed by atoms with Crippen LogP contribution in [0.2, 0.25) is 0 Å². The largest absolute Gasteiger partial charge is 0.512 e. The van der Waals surface area contributed by atoms with E-state index in [1.165, 1.54) is 50.2 Å². The first-order chi connectivity index (χ1) is 20.2. The summed E-state index contributed by atoms with van der Waals surface area (Å²) in [6.07, 6.45) is 5.49. The molecule has 1 heterocycles. The molecule has 0 saturated carbocycles. The molecule has 1 N–H and O–H groups in total. The van der Waals surface area contributed by atoms with Crippen molar-refractivity contribution in [1.82, 2.24) is 4.98 Å². The van der Waals surface area contributed by atoms with Gasteiger partial charge in [0.15, 0.2) is 5.78 Å². The van der Waals surface area contributed by atoms with E-state index in [0.717, 1.165) is 17.7 Å². The first-order valence-corrected chi connectivity index (χ1v) is 15.7. The molecular weight excluding hydrogens is 719 g/mol. The van der Waals surface area contributed by atoms with Crippen molar-refractivity contribution in [2.75, 3.05) is 0 Å². The van der Waals surface area contributed by atoms with Crippen LogP contribution in [0, 0.1) is 23.8 Å². The van der Waals surface area contributed by atoms with E-state index in [1.54, 1.807) is 0 Å². The Morgan fingerprint density at radius 1 is 0.864 bits per heavy atom. The second-order valence-electron chi connectivity index (χ2n) is 14.3. The van der Waals surface area contributed by atoms with E-state index < -0.39 is 0 Å². The van der Waals surface area contributed by atoms with Gasteiger partial charge in [0.05, 0.1) is 5.76 Å². The van der Waals surface area contributed by atoms with Crippen LogP contribution in [-0.4, -0.2) is 15.9 Å². The molecule has 235 valence electrons. The van der Waals surface area contributed by atoms with Crippen LogP contribution in [0.4, 0.5) is 0 Å². The quantitative estimate of drug-likeness (QED) is 0.102. The Kier molecular flexibility index (Phi) is 11.9. The number of fused-ring (bicyclic) bond motifs is 5. The third-order valence-corrected chi connectivity index (χ3v) is 7.68. The van der Waals surface area contributed by atoms with E-state index in [1.807, 2.05) is 40.0 Å². The molecule has 3 nitrogen and oxygen atoms in total. The number of rotatable bonds is 7. The fourth-order valence-electron chi connectivity index (χ4n) is 5.82. The molecule has 0 unspecified atom stereocenters. The molecule has 1 radical (unpaired) electrons. The standard InChI is InChI=1S/C29H28N.C11H20O2.Ir/c1-18(2)14-19-15-20-12-13-30-28-24-9-7-6-8-22(24)25-17-21(29(3,4)5)10-11-23(25)26(16-19)27(20)28;1-8(2)5-10(12)7-11(13)6-9(3)4;/h6-8,10-13,15-18H,14H2,1-5H3;7-9,12H,5-6H2,1-4H3;/q-1;;/b;10-7-;. The van der Waals surface area contributed by atoms with Crippen LogP contribution in [0.5, 0.6) is 0 Å². The number of allylic oxidation sites excluding steroid dienone is 2. The van der Waals surface area contributed by atoms with Gasteiger partial charge in [0.1, 0.15) is 0 Å². The van der Waals surface area contributed by atoms with Crippen molar-refractivity contribution in [1.29, 1.82) is 0 Å². The minimum Gasteiger partial charge on any atom is -0.512 e. The van der Waals surface area contributed by atoms with Gasteiger partial charge in [-0.15, -0.1) is 29.8 Å². The Labute approximate surface area is 278 Å². The minimum absolute atomic E-state index is 0. The van der Waals surface area contributed by atoms with Gasteiger partial charge in [-0.05, 0) is 74.4 Å². The number of carbonyl (C=O) groups excluding carboxylic acids is 1. The number of benzene rings is 3. The van der Waals surface area contributed by atoms with Gasteiger partial charge in [0.25, 0.3) is 0 Å². The van der Waals surface area contributed by atoms with Gasteiger partial charge in [-0.1, -0.05) is 104 Å². The number of aromatic nitrogens is 1. The summed E-state index contributed by atoms with van der Waals surface area (Å²) >= 11 is 0. The number of aliphatic hydroxyl groups excluding tert-OH is 1. The number of hydrogen-bond acceptors (Lipinski definition) is 3. The molecule has 0 amide bonds. The predicted octanol–water partition coefficient (Wildman–Crippen LogP) is 10.9. The topological polar surface area (TPSA) is 50.2 Å². The van der Waals surface area contributed by atoms with E-state index in [0.29, 0.717) is 30.6 Å². The van der Waals surface area contributed by atoms with Crippen LogP contribution in [-0.2, 0) is 36.7 Å². The SMILES string of the molecule is CC(C)CC(=O)/C=C(\O)CC(C)C.CC(C)Cc1cc2c3c(nccc3c1)-c1[c-]cccc1-c1cc(C(C)(C)C)ccc1-2.[Ir]. The Morgan fingerprint density at radius 3 is 2.20 bits per heavy atom. The average Bonchev–Trinajstić information content (AvgIpc) is 3.01. The molecule has 5 rings (SSSR count). The Bertz CT molecular complexity index is 1640. The van der Waals surface area contributed by atoms with Gasteiger partial charge in [-0.25, -0.2) is 0 Å². The number of pyridine rings is 1. The van der Waals surface area contributed by atoms with Crippen LogP contribution in [0.25, 0.3) is 44.3 Å². The van der Waals surface area contributed by atoms with Crippen molar-refractivity contribution in [3.8, 4) is 33.5 Å². The molecule has 1 aliphatic rings. The third-order valence-electron chi connectivity index (χ3n) is 7.68. The molecule has 3 aromatic carbocycles. The summed E-state index contributed by atoms with van der Waals surface area (Å²) in [6, 6.07) is 23.7. The van der Waals surface area contributed by atoms with Crippen LogP contribution in [0.3, 0.4) is 0 Å². The fraction of sp³-hybridized carbons (Fsp3) is 0.400. The van der Waals surface area contributed by atoms with Crippen molar-refractivity contribution in [2.45, 2.75) is 87.0 Å². The van der Waals surface area contributed by atoms with Crippen molar-refractivity contribution in [3.63, 3.8) is 0 Å². The monoisotopic (exact) mass is 767 g/mol. The molecule has 1 aliphatic carbocycles. The zero-order valence-electron chi connectivity index (χ0n) is 27.8. The van der Waals surface area contributed by atoms with Gasteiger partial charge in [0, 0.05) is 45.2 Å². The number of nitrogens with zero attached hydrogens (tertiary/aromatic N) is 1. The van der Waals surface area contributed by atoms with E-state index >= 15 is 0 Å². The first-order valence-electron chi connectivity index (χ1n) is 15.7. The van der Waals surface area contributed by atoms with Gasteiger partial charge in [-0.2, -0.15) is 0 Å². The maximum absolute atomic E-state index is 11.2. The van der Waals surface area contributed by atoms with Gasteiger partial charge in [0.2, 0.25) is 0 Å². The van der Waals surface area contributed by atoms with Crippen molar-refractivity contribution >= 4 is 16.6 Å². The zero-order chi connectivity index (χ0) is 31.5. The number of carbonyl (C=O) groups is 1. The molecular formula is C40H48IrNO2-. The second-order valence-corrected chi connectivity index (χ2v) is 14.3. The summed E-state index contributed by atoms with van der Waals surface area (Å²) in [5.74, 6) is 1.60. The molecule has 0 fully saturated rings. The summed E-state index contributed by atoms with van der Waals surface area (Å²) in [4.78, 5) is 16.1. The van der Waals surface area contributed by atoms with Crippen molar-refractivity contribution in [2.24, 2.45) is 17.8 Å². The smallest absolute Gasteiger partial charge is 0.159 e. The number of hydrogen-bond donors (Lipinski definition) is 1. The van der Waals surface area contributed by atoms with Gasteiger partial charge < -0.3 is 10.1 Å². The van der Waals surface area contributed by atoms with E-state index in [2.05, 4.69) is 89.2 Å². The molecule has 0 bridgehead atoms. The summed E-state index contributed by atoms with van der Waals surface area (Å²) in [7, 11) is 0. The summed E-state index contributed by atoms with van der Waals surface area (Å²) in [5, 5.41) is 11.9. The number of aliphatic hydroxyl groups is 1. The molecule has 4 aromatic rings. The van der Waals surface area contributed by atoms with Crippen molar-refractivity contribution < 1.29 is 30.0 Å². The molecule has 0 saturated heterocycles. The normalized spacial score (nSPS) is 12.3. The third kappa shape index (κ3) is 8.55. The fourth-order valence-corrected chi connectivity index (χ4v) is 5.82. The maximum Gasteiger partial charge on any atom is 0.159 e. The molecule has 4 heteroatoms. The summed E-state index contributed by atoms with van der Waals surface area (Å²) in [5.41, 5.74) is 10.1. The van der Waals surface area contributed by atoms with Crippen LogP contribution in [0.1, 0.15) is 86.3 Å². The van der Waals surface area contributed by atoms with E-state index in [4.69, 9.17) is 4.98 Å². The maximum atomic E-state index is 11.2. The molecule has 0 spiro atoms. The molecule has 44 heavy (non-hydrogen) atoms. The van der Waals surface area contributed by atoms with Crippen LogP contribution in [0.15, 0.2) is 72.6 Å². The molecule has 1 aromatic heterocycles. The molecule has 0 atom stereocenters. The van der Waals surface area contributed by atoms with Crippen LogP contribution >= 0.6 is 0 Å². The van der Waals surface area contributed by atoms with E-state index in [-0.39, 0.29) is 37.1 Å². The average molecular weight is 767 g/mol. The number of ketones is 1. The first kappa shape index (κ1) is 35.4. The second kappa shape index (κ2) is 14.8. The zero-order valence-corrected chi connectivity index (χ0v) is 30.2. The Balaban J connectivity index is 0.000000324.